The van der Waals surface area contributed by atoms with Gasteiger partial charge in [0.1, 0.15) is 0 Å². The second kappa shape index (κ2) is 2.48. The first-order valence-electron chi connectivity index (χ1n) is 4.44. The van der Waals surface area contributed by atoms with Gasteiger partial charge in [-0.3, -0.25) is 0 Å². The molecule has 0 saturated heterocycles. The fourth-order valence-electron chi connectivity index (χ4n) is 1.80. The largest absolute Gasteiger partial charge is 0.0683 e. The quantitative estimate of drug-likeness (QED) is 0.543. The van der Waals surface area contributed by atoms with Crippen molar-refractivity contribution in [2.24, 2.45) is 0 Å². The molecule has 0 heterocycles. The number of hydrogen-bond donors (Lipinski definition) is 0. The van der Waals surface area contributed by atoms with Crippen molar-refractivity contribution in [1.29, 1.82) is 0 Å². The monoisotopic (exact) mass is 158 g/mol. The number of fused-ring (bicyclic) bond motifs is 1. The summed E-state index contributed by atoms with van der Waals surface area (Å²) in [6.07, 6.45) is 3.44. The Labute approximate surface area is 73.9 Å². The summed E-state index contributed by atoms with van der Waals surface area (Å²) in [7, 11) is 0. The third kappa shape index (κ3) is 1.08. The molecule has 0 N–H and O–H groups in total. The molecule has 0 aromatic heterocycles. The lowest BCUT2D eigenvalue weighted by Crippen LogP contribution is -1.87. The Balaban J connectivity index is 2.57. The average molecular weight is 158 g/mol. The topological polar surface area (TPSA) is 0 Å². The van der Waals surface area contributed by atoms with E-state index in [0.717, 1.165) is 6.42 Å². The third-order valence-corrected chi connectivity index (χ3v) is 2.63. The van der Waals surface area contributed by atoms with E-state index in [1.807, 2.05) is 0 Å². The Morgan fingerprint density at radius 3 is 2.42 bits per heavy atom. The van der Waals surface area contributed by atoms with Crippen LogP contribution in [0.4, 0.5) is 0 Å². The number of rotatable bonds is 0. The van der Waals surface area contributed by atoms with Gasteiger partial charge in [-0.05, 0) is 49.4 Å². The van der Waals surface area contributed by atoms with Crippen molar-refractivity contribution in [2.45, 2.75) is 27.2 Å². The minimum absolute atomic E-state index is 1.15. The summed E-state index contributed by atoms with van der Waals surface area (Å²) in [5, 5.41) is 0. The Kier molecular flexibility index (Phi) is 1.57. The minimum Gasteiger partial charge on any atom is -0.0683 e. The van der Waals surface area contributed by atoms with Crippen LogP contribution in [0.2, 0.25) is 0 Å². The lowest BCUT2D eigenvalue weighted by atomic mass is 10.0. The van der Waals surface area contributed by atoms with E-state index in [1.54, 1.807) is 0 Å². The van der Waals surface area contributed by atoms with Crippen LogP contribution in [0.1, 0.15) is 29.2 Å². The zero-order chi connectivity index (χ0) is 8.72. The molecular weight excluding hydrogens is 144 g/mol. The third-order valence-electron chi connectivity index (χ3n) is 2.63. The fourth-order valence-corrected chi connectivity index (χ4v) is 1.80. The zero-order valence-electron chi connectivity index (χ0n) is 7.94. The lowest BCUT2D eigenvalue weighted by Gasteiger charge is -2.03. The van der Waals surface area contributed by atoms with Crippen molar-refractivity contribution >= 4 is 6.08 Å². The van der Waals surface area contributed by atoms with Crippen LogP contribution in [0.25, 0.3) is 6.08 Å². The van der Waals surface area contributed by atoms with Gasteiger partial charge in [0.05, 0.1) is 0 Å². The van der Waals surface area contributed by atoms with Crippen LogP contribution in [0.5, 0.6) is 0 Å². The van der Waals surface area contributed by atoms with E-state index in [-0.39, 0.29) is 0 Å². The first-order valence-corrected chi connectivity index (χ1v) is 4.44. The first-order chi connectivity index (χ1) is 5.66. The number of allylic oxidation sites excluding steroid dienone is 1. The Morgan fingerprint density at radius 1 is 1.00 bits per heavy atom. The van der Waals surface area contributed by atoms with Gasteiger partial charge < -0.3 is 0 Å². The molecule has 0 nitrogen and oxygen atoms in total. The molecule has 0 saturated carbocycles. The standard InChI is InChI=1S/C12H14/c1-8-4-11-6-9(2)10(3)7-12(11)5-8/h4,6-7H,5H2,1-3H3. The highest BCUT2D eigenvalue weighted by Gasteiger charge is 2.09. The van der Waals surface area contributed by atoms with Crippen molar-refractivity contribution in [2.75, 3.05) is 0 Å². The van der Waals surface area contributed by atoms with Gasteiger partial charge in [-0.2, -0.15) is 0 Å². The summed E-state index contributed by atoms with van der Waals surface area (Å²) in [6, 6.07) is 4.61. The molecule has 62 valence electrons. The molecule has 1 aliphatic rings. The Hall–Kier alpha value is -1.04. The highest BCUT2D eigenvalue weighted by molar-refractivity contribution is 5.64. The predicted octanol–water partition coefficient (Wildman–Crippen LogP) is 3.26. The lowest BCUT2D eigenvalue weighted by molar-refractivity contribution is 1.17. The van der Waals surface area contributed by atoms with E-state index < -0.39 is 0 Å². The van der Waals surface area contributed by atoms with Crippen molar-refractivity contribution < 1.29 is 0 Å². The average Bonchev–Trinajstić information content (AvgIpc) is 2.30. The second-order valence-electron chi connectivity index (χ2n) is 3.80. The Morgan fingerprint density at radius 2 is 1.67 bits per heavy atom. The van der Waals surface area contributed by atoms with Crippen LogP contribution in [-0.4, -0.2) is 0 Å². The maximum Gasteiger partial charge on any atom is -0.00605 e. The SMILES string of the molecule is CC1=Cc2cc(C)c(C)cc2C1. The van der Waals surface area contributed by atoms with Crippen molar-refractivity contribution in [1.82, 2.24) is 0 Å². The van der Waals surface area contributed by atoms with Crippen LogP contribution in [0.3, 0.4) is 0 Å². The summed E-state index contributed by atoms with van der Waals surface area (Å²) in [5.41, 5.74) is 7.22. The van der Waals surface area contributed by atoms with Gasteiger partial charge in [-0.1, -0.05) is 23.8 Å². The molecule has 2 rings (SSSR count). The van der Waals surface area contributed by atoms with E-state index in [0.29, 0.717) is 0 Å². The van der Waals surface area contributed by atoms with E-state index in [1.165, 1.54) is 27.8 Å². The summed E-state index contributed by atoms with van der Waals surface area (Å²) < 4.78 is 0. The number of benzene rings is 1. The summed E-state index contributed by atoms with van der Waals surface area (Å²) >= 11 is 0. The summed E-state index contributed by atoms with van der Waals surface area (Å²) in [4.78, 5) is 0. The Bertz CT molecular complexity index is 357. The number of hydrogen-bond acceptors (Lipinski definition) is 0. The zero-order valence-corrected chi connectivity index (χ0v) is 7.94. The van der Waals surface area contributed by atoms with Gasteiger partial charge in [0, 0.05) is 0 Å². The molecule has 0 amide bonds. The van der Waals surface area contributed by atoms with Crippen LogP contribution in [-0.2, 0) is 6.42 Å². The first kappa shape index (κ1) is 7.60. The van der Waals surface area contributed by atoms with Crippen molar-refractivity contribution in [3.05, 3.63) is 40.0 Å². The maximum absolute atomic E-state index is 2.32. The fraction of sp³-hybridized carbons (Fsp3) is 0.333. The van der Waals surface area contributed by atoms with Crippen molar-refractivity contribution in [3.8, 4) is 0 Å². The van der Waals surface area contributed by atoms with Crippen LogP contribution < -0.4 is 0 Å². The normalized spacial score (nSPS) is 14.4. The van der Waals surface area contributed by atoms with Gasteiger partial charge in [-0.15, -0.1) is 0 Å². The van der Waals surface area contributed by atoms with Crippen LogP contribution >= 0.6 is 0 Å². The molecule has 0 fully saturated rings. The molecule has 0 spiro atoms. The van der Waals surface area contributed by atoms with Gasteiger partial charge in [-0.25, -0.2) is 0 Å². The maximum atomic E-state index is 2.32. The van der Waals surface area contributed by atoms with E-state index in [4.69, 9.17) is 0 Å². The van der Waals surface area contributed by atoms with E-state index in [9.17, 15) is 0 Å². The molecule has 12 heavy (non-hydrogen) atoms. The van der Waals surface area contributed by atoms with Crippen molar-refractivity contribution in [3.63, 3.8) is 0 Å². The van der Waals surface area contributed by atoms with E-state index >= 15 is 0 Å². The molecule has 0 radical (unpaired) electrons. The molecular formula is C12H14. The molecule has 0 unspecified atom stereocenters. The van der Waals surface area contributed by atoms with Gasteiger partial charge in [0.15, 0.2) is 0 Å². The molecule has 0 bridgehead atoms. The van der Waals surface area contributed by atoms with Crippen LogP contribution in [0, 0.1) is 13.8 Å². The number of aryl methyl sites for hydroxylation is 2. The molecule has 1 aliphatic carbocycles. The predicted molar refractivity (Wildman–Crippen MR) is 53.3 cm³/mol. The molecule has 0 aliphatic heterocycles. The molecule has 0 heteroatoms. The molecule has 1 aromatic carbocycles. The molecule has 1 aromatic rings. The smallest absolute Gasteiger partial charge is 0.00605 e. The summed E-state index contributed by atoms with van der Waals surface area (Å²) in [5.74, 6) is 0. The van der Waals surface area contributed by atoms with Crippen LogP contribution in [0.15, 0.2) is 17.7 Å². The van der Waals surface area contributed by atoms with E-state index in [2.05, 4.69) is 39.0 Å². The summed E-state index contributed by atoms with van der Waals surface area (Å²) in [6.45, 7) is 6.56. The van der Waals surface area contributed by atoms with Gasteiger partial charge in [0.2, 0.25) is 0 Å². The van der Waals surface area contributed by atoms with Gasteiger partial charge in [0.25, 0.3) is 0 Å². The van der Waals surface area contributed by atoms with Gasteiger partial charge >= 0.3 is 0 Å². The minimum atomic E-state index is 1.15. The highest BCUT2D eigenvalue weighted by atomic mass is 14.1. The second-order valence-corrected chi connectivity index (χ2v) is 3.80. The highest BCUT2D eigenvalue weighted by Crippen LogP contribution is 2.26. The molecule has 0 atom stereocenters.